The van der Waals surface area contributed by atoms with Crippen molar-refractivity contribution in [3.05, 3.63) is 42.0 Å². The first-order valence-electron chi connectivity index (χ1n) is 5.88. The summed E-state index contributed by atoms with van der Waals surface area (Å²) in [6.45, 7) is 0.175. The van der Waals surface area contributed by atoms with Crippen molar-refractivity contribution in [2.45, 2.75) is 6.61 Å². The van der Waals surface area contributed by atoms with E-state index in [1.165, 1.54) is 14.2 Å². The van der Waals surface area contributed by atoms with Crippen LogP contribution < -0.4 is 14.2 Å². The summed E-state index contributed by atoms with van der Waals surface area (Å²) in [5, 5.41) is 0. The van der Waals surface area contributed by atoms with Crippen molar-refractivity contribution in [3.63, 3.8) is 0 Å². The lowest BCUT2D eigenvalue weighted by Gasteiger charge is -2.14. The molecule has 104 valence electrons. The summed E-state index contributed by atoms with van der Waals surface area (Å²) in [7, 11) is 2.99. The summed E-state index contributed by atoms with van der Waals surface area (Å²) in [4.78, 5) is 19.0. The molecule has 0 N–H and O–H groups in total. The van der Waals surface area contributed by atoms with E-state index in [1.54, 1.807) is 30.6 Å². The van der Waals surface area contributed by atoms with E-state index in [2.05, 4.69) is 9.97 Å². The molecule has 0 unspecified atom stereocenters. The molecule has 0 fully saturated rings. The van der Waals surface area contributed by atoms with Gasteiger partial charge in [-0.2, -0.15) is 0 Å². The van der Waals surface area contributed by atoms with Crippen LogP contribution in [0.3, 0.4) is 0 Å². The number of aldehydes is 1. The van der Waals surface area contributed by atoms with E-state index in [1.807, 2.05) is 0 Å². The lowest BCUT2D eigenvalue weighted by atomic mass is 10.2. The van der Waals surface area contributed by atoms with Gasteiger partial charge in [-0.3, -0.25) is 4.79 Å². The summed E-state index contributed by atoms with van der Waals surface area (Å²) in [6, 6.07) is 4.89. The zero-order chi connectivity index (χ0) is 14.4. The Kier molecular flexibility index (Phi) is 4.49. The monoisotopic (exact) mass is 274 g/mol. The molecule has 0 saturated heterocycles. The Morgan fingerprint density at radius 1 is 1.10 bits per heavy atom. The molecule has 0 bridgehead atoms. The highest BCUT2D eigenvalue weighted by molar-refractivity contribution is 5.78. The standard InChI is InChI=1S/C14H14N2O4/c1-18-11-6-10(8-17)7-12(19-2)14(11)20-9-13-15-4-3-5-16-13/h3-8H,9H2,1-2H3. The Bertz CT molecular complexity index is 562. The molecule has 6 heteroatoms. The fourth-order valence-corrected chi connectivity index (χ4v) is 1.65. The number of methoxy groups -OCH3 is 2. The molecular formula is C14H14N2O4. The molecule has 0 radical (unpaired) electrons. The average molecular weight is 274 g/mol. The van der Waals surface area contributed by atoms with Crippen molar-refractivity contribution < 1.29 is 19.0 Å². The molecule has 2 aromatic rings. The fraction of sp³-hybridized carbons (Fsp3) is 0.214. The molecular weight excluding hydrogens is 260 g/mol. The Labute approximate surface area is 116 Å². The van der Waals surface area contributed by atoms with Gasteiger partial charge < -0.3 is 14.2 Å². The van der Waals surface area contributed by atoms with E-state index in [-0.39, 0.29) is 6.61 Å². The predicted molar refractivity (Wildman–Crippen MR) is 71.3 cm³/mol. The van der Waals surface area contributed by atoms with Crippen LogP contribution in [0, 0.1) is 0 Å². The van der Waals surface area contributed by atoms with E-state index in [4.69, 9.17) is 14.2 Å². The first-order chi connectivity index (χ1) is 9.78. The van der Waals surface area contributed by atoms with Gasteiger partial charge in [0.05, 0.1) is 14.2 Å². The second-order valence-electron chi connectivity index (χ2n) is 3.83. The number of hydrogen-bond donors (Lipinski definition) is 0. The lowest BCUT2D eigenvalue weighted by Crippen LogP contribution is -2.03. The molecule has 1 aromatic heterocycles. The molecule has 0 spiro atoms. The normalized spacial score (nSPS) is 9.90. The summed E-state index contributed by atoms with van der Waals surface area (Å²) >= 11 is 0. The molecule has 0 saturated carbocycles. The van der Waals surface area contributed by atoms with Crippen molar-refractivity contribution in [3.8, 4) is 17.2 Å². The minimum Gasteiger partial charge on any atom is -0.493 e. The van der Waals surface area contributed by atoms with Crippen molar-refractivity contribution in [2.75, 3.05) is 14.2 Å². The number of nitrogens with zero attached hydrogens (tertiary/aromatic N) is 2. The first-order valence-corrected chi connectivity index (χ1v) is 5.88. The molecule has 20 heavy (non-hydrogen) atoms. The van der Waals surface area contributed by atoms with Crippen molar-refractivity contribution in [2.24, 2.45) is 0 Å². The SMILES string of the molecule is COc1cc(C=O)cc(OC)c1OCc1ncccn1. The topological polar surface area (TPSA) is 70.5 Å². The minimum absolute atomic E-state index is 0.175. The van der Waals surface area contributed by atoms with Crippen LogP contribution in [0.1, 0.15) is 16.2 Å². The number of carbonyl (C=O) groups excluding carboxylic acids is 1. The first kappa shape index (κ1) is 13.8. The van der Waals surface area contributed by atoms with Gasteiger partial charge in [-0.1, -0.05) is 0 Å². The van der Waals surface area contributed by atoms with Gasteiger partial charge in [0.1, 0.15) is 12.9 Å². The molecule has 1 heterocycles. The number of rotatable bonds is 6. The van der Waals surface area contributed by atoms with Gasteiger partial charge in [-0.15, -0.1) is 0 Å². The second kappa shape index (κ2) is 6.51. The van der Waals surface area contributed by atoms with Gasteiger partial charge in [0.15, 0.2) is 17.3 Å². The maximum absolute atomic E-state index is 10.9. The van der Waals surface area contributed by atoms with E-state index < -0.39 is 0 Å². The van der Waals surface area contributed by atoms with Gasteiger partial charge in [-0.05, 0) is 18.2 Å². The molecule has 2 rings (SSSR count). The van der Waals surface area contributed by atoms with Crippen LogP contribution in [0.2, 0.25) is 0 Å². The number of ether oxygens (including phenoxy) is 3. The highest BCUT2D eigenvalue weighted by Crippen LogP contribution is 2.38. The van der Waals surface area contributed by atoms with E-state index in [0.717, 1.165) is 6.29 Å². The third-order valence-corrected chi connectivity index (χ3v) is 2.58. The van der Waals surface area contributed by atoms with Crippen LogP contribution in [-0.2, 0) is 6.61 Å². The number of benzene rings is 1. The van der Waals surface area contributed by atoms with Gasteiger partial charge >= 0.3 is 0 Å². The van der Waals surface area contributed by atoms with Crippen molar-refractivity contribution in [1.82, 2.24) is 9.97 Å². The average Bonchev–Trinajstić information content (AvgIpc) is 2.52. The van der Waals surface area contributed by atoms with Crippen molar-refractivity contribution >= 4 is 6.29 Å². The fourth-order valence-electron chi connectivity index (χ4n) is 1.65. The summed E-state index contributed by atoms with van der Waals surface area (Å²) in [5.41, 5.74) is 0.446. The molecule has 1 aromatic carbocycles. The minimum atomic E-state index is 0.175. The van der Waals surface area contributed by atoms with E-state index in [9.17, 15) is 4.79 Å². The third kappa shape index (κ3) is 3.03. The van der Waals surface area contributed by atoms with Gasteiger partial charge in [-0.25, -0.2) is 9.97 Å². The van der Waals surface area contributed by atoms with Gasteiger partial charge in [0.25, 0.3) is 0 Å². The Morgan fingerprint density at radius 3 is 2.20 bits per heavy atom. The Hall–Kier alpha value is -2.63. The van der Waals surface area contributed by atoms with Crippen LogP contribution in [0.15, 0.2) is 30.6 Å². The van der Waals surface area contributed by atoms with Crippen LogP contribution >= 0.6 is 0 Å². The molecule has 6 nitrogen and oxygen atoms in total. The highest BCUT2D eigenvalue weighted by Gasteiger charge is 2.14. The van der Waals surface area contributed by atoms with Gasteiger partial charge in [0, 0.05) is 18.0 Å². The van der Waals surface area contributed by atoms with E-state index in [0.29, 0.717) is 28.6 Å². The zero-order valence-corrected chi connectivity index (χ0v) is 11.2. The maximum atomic E-state index is 10.9. The summed E-state index contributed by atoms with van der Waals surface area (Å²) in [5.74, 6) is 1.79. The zero-order valence-electron chi connectivity index (χ0n) is 11.2. The summed E-state index contributed by atoms with van der Waals surface area (Å²) in [6.07, 6.45) is 3.99. The number of aromatic nitrogens is 2. The molecule has 0 aliphatic rings. The van der Waals surface area contributed by atoms with Crippen molar-refractivity contribution in [1.29, 1.82) is 0 Å². The quantitative estimate of drug-likeness (QED) is 0.749. The highest BCUT2D eigenvalue weighted by atomic mass is 16.5. The van der Waals surface area contributed by atoms with Gasteiger partial charge in [0.2, 0.25) is 5.75 Å². The largest absolute Gasteiger partial charge is 0.493 e. The third-order valence-electron chi connectivity index (χ3n) is 2.58. The molecule has 0 atom stereocenters. The lowest BCUT2D eigenvalue weighted by molar-refractivity contribution is 0.112. The molecule has 0 aliphatic heterocycles. The summed E-state index contributed by atoms with van der Waals surface area (Å²) < 4.78 is 16.1. The molecule has 0 aliphatic carbocycles. The Balaban J connectivity index is 2.27. The van der Waals surface area contributed by atoms with Crippen LogP contribution in [0.5, 0.6) is 17.2 Å². The van der Waals surface area contributed by atoms with Crippen LogP contribution in [0.25, 0.3) is 0 Å². The second-order valence-corrected chi connectivity index (χ2v) is 3.83. The maximum Gasteiger partial charge on any atom is 0.204 e. The Morgan fingerprint density at radius 2 is 1.70 bits per heavy atom. The molecule has 0 amide bonds. The number of carbonyl (C=O) groups is 1. The predicted octanol–water partition coefficient (Wildman–Crippen LogP) is 1.89. The van der Waals surface area contributed by atoms with Crippen LogP contribution in [-0.4, -0.2) is 30.5 Å². The van der Waals surface area contributed by atoms with Crippen LogP contribution in [0.4, 0.5) is 0 Å². The van der Waals surface area contributed by atoms with E-state index >= 15 is 0 Å². The smallest absolute Gasteiger partial charge is 0.204 e. The number of hydrogen-bond acceptors (Lipinski definition) is 6.